The van der Waals surface area contributed by atoms with Gasteiger partial charge >= 0.3 is 12.1 Å². The van der Waals surface area contributed by atoms with Crippen LogP contribution in [0.3, 0.4) is 0 Å². The Kier molecular flexibility index (Phi) is 8.16. The summed E-state index contributed by atoms with van der Waals surface area (Å²) in [4.78, 5) is 49.5. The average molecular weight is 556 g/mol. The highest BCUT2D eigenvalue weighted by atomic mass is 19.1. The number of nitrogens with one attached hydrogen (secondary N) is 1. The lowest BCUT2D eigenvalue weighted by Crippen LogP contribution is -2.33. The number of aromatic nitrogens is 2. The molecule has 0 saturated heterocycles. The predicted octanol–water partition coefficient (Wildman–Crippen LogP) is 1.55. The van der Waals surface area contributed by atoms with Crippen LogP contribution >= 0.6 is 0 Å². The molecule has 0 bridgehead atoms. The number of cyclic esters (lactones) is 1. The monoisotopic (exact) mass is 555 g/mol. The van der Waals surface area contributed by atoms with Crippen LogP contribution in [0.4, 0.5) is 9.18 Å². The minimum absolute atomic E-state index is 0.141. The van der Waals surface area contributed by atoms with Gasteiger partial charge in [0.15, 0.2) is 12.7 Å². The first-order valence-corrected chi connectivity index (χ1v) is 12.8. The van der Waals surface area contributed by atoms with E-state index in [2.05, 4.69) is 16.3 Å². The number of pyridine rings is 2. The van der Waals surface area contributed by atoms with Gasteiger partial charge < -0.3 is 24.9 Å². The van der Waals surface area contributed by atoms with E-state index in [1.807, 2.05) is 13.8 Å². The maximum absolute atomic E-state index is 14.5. The Hall–Kier alpha value is -4.36. The topological polar surface area (TPSA) is 189 Å². The Morgan fingerprint density at radius 2 is 1.90 bits per heavy atom. The lowest BCUT2D eigenvalue weighted by molar-refractivity contribution is -0.157. The van der Waals surface area contributed by atoms with Gasteiger partial charge in [0, 0.05) is 22.6 Å². The SMILES string of the molecule is CC.Cc1c(F)cc2nc3c(c4c2c1CCC4)Cn1c-3cc2c(c1=O)COC(=O)[C@H]2O.NNC(=O)OCC(N)=O. The molecule has 0 unspecified atom stereocenters. The molecule has 0 fully saturated rings. The predicted molar refractivity (Wildman–Crippen MR) is 141 cm³/mol. The summed E-state index contributed by atoms with van der Waals surface area (Å²) >= 11 is 0. The third-order valence-electron chi connectivity index (χ3n) is 7.00. The first-order valence-electron chi connectivity index (χ1n) is 12.8. The number of fused-ring (bicyclic) bond motifs is 5. The third-order valence-corrected chi connectivity index (χ3v) is 7.00. The van der Waals surface area contributed by atoms with Gasteiger partial charge in [-0.25, -0.2) is 24.8 Å². The average Bonchev–Trinajstić information content (AvgIpc) is 3.33. The number of nitrogens with two attached hydrogens (primary N) is 2. The molecule has 2 aromatic heterocycles. The Bertz CT molecular complexity index is 1600. The fraction of sp³-hybridized carbons (Fsp3) is 0.370. The molecule has 3 aliphatic rings. The van der Waals surface area contributed by atoms with E-state index >= 15 is 0 Å². The maximum atomic E-state index is 14.5. The van der Waals surface area contributed by atoms with Crippen molar-refractivity contribution in [3.05, 3.63) is 61.7 Å². The van der Waals surface area contributed by atoms with Crippen LogP contribution < -0.4 is 22.6 Å². The minimum Gasteiger partial charge on any atom is -0.458 e. The number of primary amides is 1. The number of aliphatic hydroxyl groups excluding tert-OH is 1. The number of hydrogen-bond acceptors (Lipinski definition) is 9. The van der Waals surface area contributed by atoms with Crippen LogP contribution in [0.5, 0.6) is 0 Å². The highest BCUT2D eigenvalue weighted by molar-refractivity contribution is 5.92. The number of hydrazine groups is 1. The second-order valence-electron chi connectivity index (χ2n) is 9.18. The van der Waals surface area contributed by atoms with Crippen molar-refractivity contribution in [2.75, 3.05) is 6.61 Å². The number of rotatable bonds is 2. The second-order valence-corrected chi connectivity index (χ2v) is 9.18. The molecule has 1 atom stereocenters. The molecule has 1 aromatic carbocycles. The standard InChI is InChI=1S/C22H17FN2O4.C3H7N3O3.C2H6/c1-9-10-3-2-4-11-13-7-25-17(19(13)24-16(18(10)11)6-15(9)23)5-12-14(21(25)27)8-29-22(28)20(12)26;4-2(7)1-9-3(8)6-5;1-2/h5-6,20,26H,2-4,7-8H2,1H3;1,5H2,(H2,4,7)(H,6,8);1-2H3/t20-;;/m0../s1. The zero-order chi connectivity index (χ0) is 29.3. The molecule has 4 heterocycles. The number of esters is 1. The van der Waals surface area contributed by atoms with Crippen molar-refractivity contribution in [3.63, 3.8) is 0 Å². The molecular formula is C27H30FN5O7. The van der Waals surface area contributed by atoms with Crippen LogP contribution in [0.15, 0.2) is 16.9 Å². The van der Waals surface area contributed by atoms with E-state index in [9.17, 15) is 28.7 Å². The summed E-state index contributed by atoms with van der Waals surface area (Å²) < 4.78 is 25.2. The van der Waals surface area contributed by atoms with Gasteiger partial charge in [0.1, 0.15) is 12.4 Å². The van der Waals surface area contributed by atoms with Gasteiger partial charge in [-0.2, -0.15) is 0 Å². The van der Waals surface area contributed by atoms with Gasteiger partial charge in [-0.05, 0) is 48.9 Å². The van der Waals surface area contributed by atoms with Gasteiger partial charge in [-0.3, -0.25) is 15.0 Å². The molecule has 212 valence electrons. The van der Waals surface area contributed by atoms with Crippen molar-refractivity contribution in [3.8, 4) is 11.4 Å². The first kappa shape index (κ1) is 28.6. The Morgan fingerprint density at radius 1 is 1.20 bits per heavy atom. The van der Waals surface area contributed by atoms with Crippen LogP contribution in [0.1, 0.15) is 59.8 Å². The molecule has 1 aliphatic carbocycles. The van der Waals surface area contributed by atoms with Gasteiger partial charge in [0.05, 0.1) is 29.0 Å². The minimum atomic E-state index is -1.48. The largest absolute Gasteiger partial charge is 0.458 e. The van der Waals surface area contributed by atoms with Crippen LogP contribution in [0.2, 0.25) is 0 Å². The van der Waals surface area contributed by atoms with Gasteiger partial charge in [-0.1, -0.05) is 13.8 Å². The van der Waals surface area contributed by atoms with E-state index in [1.54, 1.807) is 23.0 Å². The number of aliphatic hydroxyl groups is 1. The Balaban J connectivity index is 0.000000290. The van der Waals surface area contributed by atoms with Crippen LogP contribution in [-0.2, 0) is 45.1 Å². The molecule has 2 aliphatic heterocycles. The molecule has 3 aromatic rings. The van der Waals surface area contributed by atoms with Crippen LogP contribution in [-0.4, -0.2) is 39.2 Å². The van der Waals surface area contributed by atoms with Crippen molar-refractivity contribution in [1.82, 2.24) is 15.0 Å². The number of nitrogens with zero attached hydrogens (tertiary/aromatic N) is 2. The fourth-order valence-electron chi connectivity index (χ4n) is 5.24. The van der Waals surface area contributed by atoms with Gasteiger partial charge in [0.2, 0.25) is 0 Å². The molecule has 40 heavy (non-hydrogen) atoms. The number of carbonyl (C=O) groups is 3. The number of aryl methyl sites for hydroxylation is 2. The number of carbonyl (C=O) groups excluding carboxylic acids is 3. The zero-order valence-corrected chi connectivity index (χ0v) is 22.3. The van der Waals surface area contributed by atoms with E-state index in [1.165, 1.54) is 6.07 Å². The molecule has 0 radical (unpaired) electrons. The molecule has 6 rings (SSSR count). The summed E-state index contributed by atoms with van der Waals surface area (Å²) in [6.45, 7) is 5.59. The molecular weight excluding hydrogens is 525 g/mol. The summed E-state index contributed by atoms with van der Waals surface area (Å²) in [6.07, 6.45) is 0.235. The summed E-state index contributed by atoms with van der Waals surface area (Å²) in [6, 6.07) is 3.13. The molecule has 12 nitrogen and oxygen atoms in total. The number of ether oxygens (including phenoxy) is 2. The molecule has 0 spiro atoms. The highest BCUT2D eigenvalue weighted by Crippen LogP contribution is 2.41. The molecule has 6 N–H and O–H groups in total. The van der Waals surface area contributed by atoms with Crippen molar-refractivity contribution in [2.45, 2.75) is 59.3 Å². The summed E-state index contributed by atoms with van der Waals surface area (Å²) in [7, 11) is 0. The highest BCUT2D eigenvalue weighted by Gasteiger charge is 2.35. The number of hydrogen-bond donors (Lipinski definition) is 4. The van der Waals surface area contributed by atoms with Crippen molar-refractivity contribution in [2.24, 2.45) is 11.6 Å². The second kappa shape index (κ2) is 11.4. The van der Waals surface area contributed by atoms with E-state index in [0.717, 1.165) is 41.3 Å². The summed E-state index contributed by atoms with van der Waals surface area (Å²) in [5.74, 6) is 2.83. The van der Waals surface area contributed by atoms with E-state index in [4.69, 9.17) is 9.72 Å². The first-order chi connectivity index (χ1) is 19.1. The van der Waals surface area contributed by atoms with E-state index < -0.39 is 30.7 Å². The molecule has 0 saturated carbocycles. The van der Waals surface area contributed by atoms with Crippen molar-refractivity contribution >= 4 is 28.9 Å². The van der Waals surface area contributed by atoms with Crippen LogP contribution in [0, 0.1) is 12.7 Å². The maximum Gasteiger partial charge on any atom is 0.421 e. The van der Waals surface area contributed by atoms with Crippen molar-refractivity contribution in [1.29, 1.82) is 0 Å². The summed E-state index contributed by atoms with van der Waals surface area (Å²) in [5.41, 5.74) is 12.1. The Labute approximate surface area is 228 Å². The van der Waals surface area contributed by atoms with E-state index in [-0.39, 0.29) is 23.5 Å². The lowest BCUT2D eigenvalue weighted by atomic mass is 9.85. The smallest absolute Gasteiger partial charge is 0.421 e. The Morgan fingerprint density at radius 3 is 2.58 bits per heavy atom. The quantitative estimate of drug-likeness (QED) is 0.123. The van der Waals surface area contributed by atoms with E-state index in [0.29, 0.717) is 34.6 Å². The van der Waals surface area contributed by atoms with Gasteiger partial charge in [0.25, 0.3) is 11.5 Å². The number of amides is 2. The number of benzene rings is 1. The van der Waals surface area contributed by atoms with Crippen molar-refractivity contribution < 1.29 is 33.4 Å². The fourth-order valence-corrected chi connectivity index (χ4v) is 5.24. The van der Waals surface area contributed by atoms with Crippen LogP contribution in [0.25, 0.3) is 22.3 Å². The van der Waals surface area contributed by atoms with Gasteiger partial charge in [-0.15, -0.1) is 0 Å². The zero-order valence-electron chi connectivity index (χ0n) is 22.3. The summed E-state index contributed by atoms with van der Waals surface area (Å²) in [5, 5.41) is 11.2. The molecule has 13 heteroatoms. The third kappa shape index (κ3) is 4.89. The molecule has 2 amide bonds. The number of halogens is 1. The lowest BCUT2D eigenvalue weighted by Gasteiger charge is -2.22. The normalized spacial score (nSPS) is 15.8.